The number of rotatable bonds is 16. The minimum absolute atomic E-state index is 0.0312. The maximum atomic E-state index is 12.9. The standard InChI is InChI=1S/C21H40N6O6/c1-11(2)16(26-18(29)13(23)8-9-15(24)28)20(31)25-14(7-5-6-10-22)19(30)27-17(12(3)4)21(32)33/h11-14,16-17H,5-10,22-23H2,1-4H3,(H2,24,28)(H,25,31)(H,26,29)(H,27,30)(H,32,33). The monoisotopic (exact) mass is 472 g/mol. The third-order valence-corrected chi connectivity index (χ3v) is 5.10. The van der Waals surface area contributed by atoms with E-state index in [0.717, 1.165) is 0 Å². The first-order chi connectivity index (χ1) is 15.3. The van der Waals surface area contributed by atoms with Crippen LogP contribution >= 0.6 is 0 Å². The molecular weight excluding hydrogens is 432 g/mol. The number of amides is 4. The summed E-state index contributed by atoms with van der Waals surface area (Å²) < 4.78 is 0. The fourth-order valence-electron chi connectivity index (χ4n) is 3.01. The summed E-state index contributed by atoms with van der Waals surface area (Å²) in [6.07, 6.45) is 1.35. The molecular formula is C21H40N6O6. The van der Waals surface area contributed by atoms with Crippen molar-refractivity contribution in [2.24, 2.45) is 29.0 Å². The lowest BCUT2D eigenvalue weighted by molar-refractivity contribution is -0.143. The Balaban J connectivity index is 5.39. The summed E-state index contributed by atoms with van der Waals surface area (Å²) in [6, 6.07) is -4.15. The zero-order valence-electron chi connectivity index (χ0n) is 19.9. The van der Waals surface area contributed by atoms with Gasteiger partial charge in [0.25, 0.3) is 0 Å². The highest BCUT2D eigenvalue weighted by molar-refractivity contribution is 5.94. The van der Waals surface area contributed by atoms with E-state index in [1.807, 2.05) is 0 Å². The number of carbonyl (C=O) groups is 5. The Kier molecular flexibility index (Phi) is 13.9. The molecule has 0 saturated heterocycles. The van der Waals surface area contributed by atoms with E-state index in [9.17, 15) is 29.1 Å². The molecule has 0 fully saturated rings. The fraction of sp³-hybridized carbons (Fsp3) is 0.762. The molecule has 12 heteroatoms. The van der Waals surface area contributed by atoms with Gasteiger partial charge >= 0.3 is 5.97 Å². The molecule has 4 amide bonds. The van der Waals surface area contributed by atoms with E-state index in [1.165, 1.54) is 0 Å². The average Bonchev–Trinajstić information content (AvgIpc) is 2.71. The first-order valence-corrected chi connectivity index (χ1v) is 11.2. The van der Waals surface area contributed by atoms with Gasteiger partial charge in [-0.3, -0.25) is 19.2 Å². The van der Waals surface area contributed by atoms with Crippen LogP contribution in [0.2, 0.25) is 0 Å². The van der Waals surface area contributed by atoms with Crippen molar-refractivity contribution in [3.63, 3.8) is 0 Å². The lowest BCUT2D eigenvalue weighted by atomic mass is 10.00. The molecule has 0 radical (unpaired) electrons. The van der Waals surface area contributed by atoms with Crippen molar-refractivity contribution in [1.82, 2.24) is 16.0 Å². The van der Waals surface area contributed by atoms with E-state index in [1.54, 1.807) is 27.7 Å². The second kappa shape index (κ2) is 15.2. The topological polar surface area (TPSA) is 220 Å². The number of hydrogen-bond donors (Lipinski definition) is 7. The molecule has 0 aliphatic rings. The van der Waals surface area contributed by atoms with E-state index in [0.29, 0.717) is 19.4 Å². The quantitative estimate of drug-likeness (QED) is 0.131. The molecule has 0 bridgehead atoms. The maximum absolute atomic E-state index is 12.9. The number of unbranched alkanes of at least 4 members (excludes halogenated alkanes) is 1. The van der Waals surface area contributed by atoms with Crippen molar-refractivity contribution >= 4 is 29.6 Å². The Hall–Kier alpha value is -2.73. The van der Waals surface area contributed by atoms with Crippen molar-refractivity contribution in [2.75, 3.05) is 6.54 Å². The summed E-state index contributed by atoms with van der Waals surface area (Å²) in [6.45, 7) is 7.14. The summed E-state index contributed by atoms with van der Waals surface area (Å²) in [5, 5.41) is 17.0. The zero-order valence-corrected chi connectivity index (χ0v) is 19.9. The van der Waals surface area contributed by atoms with Gasteiger partial charge < -0.3 is 38.3 Å². The van der Waals surface area contributed by atoms with Crippen LogP contribution in [0.15, 0.2) is 0 Å². The van der Waals surface area contributed by atoms with Crippen molar-refractivity contribution in [2.45, 2.75) is 84.0 Å². The van der Waals surface area contributed by atoms with Crippen molar-refractivity contribution in [1.29, 1.82) is 0 Å². The van der Waals surface area contributed by atoms with Gasteiger partial charge in [0.2, 0.25) is 23.6 Å². The molecule has 33 heavy (non-hydrogen) atoms. The number of nitrogens with two attached hydrogens (primary N) is 3. The number of carboxylic acid groups (broad SMARTS) is 1. The van der Waals surface area contributed by atoms with E-state index < -0.39 is 53.8 Å². The lowest BCUT2D eigenvalue weighted by Gasteiger charge is -2.27. The number of nitrogens with one attached hydrogen (secondary N) is 3. The van der Waals surface area contributed by atoms with E-state index in [4.69, 9.17) is 17.2 Å². The molecule has 10 N–H and O–H groups in total. The number of primary amides is 1. The predicted octanol–water partition coefficient (Wildman–Crippen LogP) is -1.44. The molecule has 0 aromatic rings. The number of hydrogen-bond acceptors (Lipinski definition) is 7. The highest BCUT2D eigenvalue weighted by Crippen LogP contribution is 2.09. The van der Waals surface area contributed by atoms with Crippen LogP contribution in [0.1, 0.15) is 59.8 Å². The molecule has 0 aliphatic carbocycles. The van der Waals surface area contributed by atoms with Crippen LogP contribution in [0.5, 0.6) is 0 Å². The van der Waals surface area contributed by atoms with Crippen LogP contribution in [0.25, 0.3) is 0 Å². The highest BCUT2D eigenvalue weighted by Gasteiger charge is 2.32. The molecule has 0 aliphatic heterocycles. The van der Waals surface area contributed by atoms with Crippen LogP contribution in [0.3, 0.4) is 0 Å². The van der Waals surface area contributed by atoms with Gasteiger partial charge in [0.05, 0.1) is 6.04 Å². The smallest absolute Gasteiger partial charge is 0.326 e. The Morgan fingerprint density at radius 2 is 1.33 bits per heavy atom. The van der Waals surface area contributed by atoms with Crippen molar-refractivity contribution in [3.05, 3.63) is 0 Å². The van der Waals surface area contributed by atoms with E-state index >= 15 is 0 Å². The molecule has 0 saturated carbocycles. The van der Waals surface area contributed by atoms with E-state index in [2.05, 4.69) is 16.0 Å². The van der Waals surface area contributed by atoms with Crippen molar-refractivity contribution < 1.29 is 29.1 Å². The summed E-state index contributed by atoms with van der Waals surface area (Å²) >= 11 is 0. The van der Waals surface area contributed by atoms with Crippen LogP contribution in [0, 0.1) is 11.8 Å². The molecule has 0 aromatic carbocycles. The Bertz CT molecular complexity index is 684. The molecule has 12 nitrogen and oxygen atoms in total. The maximum Gasteiger partial charge on any atom is 0.326 e. The highest BCUT2D eigenvalue weighted by atomic mass is 16.4. The average molecular weight is 473 g/mol. The third kappa shape index (κ3) is 11.6. The molecule has 0 rings (SSSR count). The van der Waals surface area contributed by atoms with Gasteiger partial charge in [-0.2, -0.15) is 0 Å². The van der Waals surface area contributed by atoms with Crippen LogP contribution in [0.4, 0.5) is 0 Å². The zero-order chi connectivity index (χ0) is 25.7. The predicted molar refractivity (Wildman–Crippen MR) is 122 cm³/mol. The van der Waals surface area contributed by atoms with Gasteiger partial charge in [0.15, 0.2) is 0 Å². The van der Waals surface area contributed by atoms with Gasteiger partial charge in [-0.05, 0) is 44.1 Å². The summed E-state index contributed by atoms with van der Waals surface area (Å²) in [7, 11) is 0. The minimum atomic E-state index is -1.18. The van der Waals surface area contributed by atoms with Gasteiger partial charge in [-0.1, -0.05) is 27.7 Å². The molecule has 0 heterocycles. The molecule has 190 valence electrons. The van der Waals surface area contributed by atoms with E-state index in [-0.39, 0.29) is 31.1 Å². The fourth-order valence-corrected chi connectivity index (χ4v) is 3.01. The second-order valence-electron chi connectivity index (χ2n) is 8.76. The Morgan fingerprint density at radius 3 is 1.79 bits per heavy atom. The van der Waals surface area contributed by atoms with Crippen LogP contribution in [-0.4, -0.2) is 65.4 Å². The summed E-state index contributed by atoms with van der Waals surface area (Å²) in [5.41, 5.74) is 16.4. The van der Waals surface area contributed by atoms with Gasteiger partial charge in [-0.15, -0.1) is 0 Å². The number of carboxylic acids is 1. The summed E-state index contributed by atoms with van der Waals surface area (Å²) in [4.78, 5) is 60.5. The Labute approximate surface area is 194 Å². The van der Waals surface area contributed by atoms with Gasteiger partial charge in [-0.25, -0.2) is 4.79 Å². The van der Waals surface area contributed by atoms with Gasteiger partial charge in [0.1, 0.15) is 18.1 Å². The third-order valence-electron chi connectivity index (χ3n) is 5.10. The summed E-state index contributed by atoms with van der Waals surface area (Å²) in [5.74, 6) is -4.34. The largest absolute Gasteiger partial charge is 0.480 e. The molecule has 0 spiro atoms. The second-order valence-corrected chi connectivity index (χ2v) is 8.76. The molecule has 4 atom stereocenters. The molecule has 0 aromatic heterocycles. The number of carbonyl (C=O) groups excluding carboxylic acids is 4. The minimum Gasteiger partial charge on any atom is -0.480 e. The lowest BCUT2D eigenvalue weighted by Crippen LogP contribution is -2.58. The van der Waals surface area contributed by atoms with Crippen molar-refractivity contribution in [3.8, 4) is 0 Å². The number of aliphatic carboxylic acids is 1. The first-order valence-electron chi connectivity index (χ1n) is 11.2. The molecule has 4 unspecified atom stereocenters. The Morgan fingerprint density at radius 1 is 0.788 bits per heavy atom. The van der Waals surface area contributed by atoms with Gasteiger partial charge in [0, 0.05) is 6.42 Å². The van der Waals surface area contributed by atoms with Crippen LogP contribution < -0.4 is 33.2 Å². The normalized spacial score (nSPS) is 14.8. The van der Waals surface area contributed by atoms with Crippen LogP contribution in [-0.2, 0) is 24.0 Å². The first kappa shape index (κ1) is 30.3. The SMILES string of the molecule is CC(C)C(NC(=O)C(CCCCN)NC(=O)C(NC(=O)C(N)CCC(N)=O)C(C)C)C(=O)O.